The molecule has 80 valence electrons. The van der Waals surface area contributed by atoms with Gasteiger partial charge in [-0.2, -0.15) is 0 Å². The van der Waals surface area contributed by atoms with Crippen LogP contribution in [0.15, 0.2) is 30.5 Å². The topological polar surface area (TPSA) is 30.9 Å². The Hall–Kier alpha value is -1.28. The van der Waals surface area contributed by atoms with Crippen LogP contribution in [0.25, 0.3) is 10.9 Å². The van der Waals surface area contributed by atoms with Crippen LogP contribution >= 0.6 is 0 Å². The molecule has 0 radical (unpaired) electrons. The van der Waals surface area contributed by atoms with Crippen molar-refractivity contribution in [3.8, 4) is 0 Å². The van der Waals surface area contributed by atoms with Gasteiger partial charge in [0.1, 0.15) is 0 Å². The van der Waals surface area contributed by atoms with Crippen molar-refractivity contribution in [3.05, 3.63) is 36.0 Å². The zero-order chi connectivity index (χ0) is 10.8. The van der Waals surface area contributed by atoms with E-state index < -0.39 is 0 Å². The fourth-order valence-electron chi connectivity index (χ4n) is 2.08. The molecule has 1 aromatic heterocycles. The van der Waals surface area contributed by atoms with E-state index in [4.69, 9.17) is 5.73 Å². The number of rotatable bonds is 3. The summed E-state index contributed by atoms with van der Waals surface area (Å²) < 4.78 is 2.30. The molecule has 0 bridgehead atoms. The van der Waals surface area contributed by atoms with Gasteiger partial charge >= 0.3 is 0 Å². The van der Waals surface area contributed by atoms with E-state index >= 15 is 0 Å². The van der Waals surface area contributed by atoms with Gasteiger partial charge in [-0.1, -0.05) is 12.1 Å². The molecule has 2 heteroatoms. The standard InChI is InChI=1S/C13H18N2/c1-10(2)15-9-7-12-11(6-8-14)4-3-5-13(12)15/h3-5,7,9-10H,6,8,14H2,1-2H3. The average molecular weight is 202 g/mol. The minimum Gasteiger partial charge on any atom is -0.345 e. The molecule has 0 aliphatic heterocycles. The molecule has 1 heterocycles. The van der Waals surface area contributed by atoms with E-state index in [0.717, 1.165) is 6.42 Å². The number of benzene rings is 1. The molecule has 0 amide bonds. The number of aromatic nitrogens is 1. The molecule has 0 aliphatic carbocycles. The molecule has 1 aromatic carbocycles. The lowest BCUT2D eigenvalue weighted by Crippen LogP contribution is -2.03. The smallest absolute Gasteiger partial charge is 0.0485 e. The van der Waals surface area contributed by atoms with Crippen molar-refractivity contribution < 1.29 is 0 Å². The molecule has 15 heavy (non-hydrogen) atoms. The lowest BCUT2D eigenvalue weighted by atomic mass is 10.1. The van der Waals surface area contributed by atoms with Crippen LogP contribution in [0.3, 0.4) is 0 Å². The molecule has 0 spiro atoms. The first kappa shape index (κ1) is 10.2. The van der Waals surface area contributed by atoms with Crippen LogP contribution in [0.1, 0.15) is 25.5 Å². The lowest BCUT2D eigenvalue weighted by molar-refractivity contribution is 0.623. The van der Waals surface area contributed by atoms with Crippen molar-refractivity contribution in [2.45, 2.75) is 26.3 Å². The van der Waals surface area contributed by atoms with Crippen LogP contribution in [0.4, 0.5) is 0 Å². The molecular formula is C13H18N2. The molecule has 2 rings (SSSR count). The Bertz CT molecular complexity index is 455. The van der Waals surface area contributed by atoms with Gasteiger partial charge in [-0.25, -0.2) is 0 Å². The first-order valence-corrected chi connectivity index (χ1v) is 5.52. The number of nitrogens with two attached hydrogens (primary N) is 1. The average Bonchev–Trinajstić information content (AvgIpc) is 2.62. The van der Waals surface area contributed by atoms with Gasteiger partial charge in [-0.3, -0.25) is 0 Å². The summed E-state index contributed by atoms with van der Waals surface area (Å²) >= 11 is 0. The highest BCUT2D eigenvalue weighted by molar-refractivity contribution is 5.83. The number of nitrogens with zero attached hydrogens (tertiary/aromatic N) is 1. The molecule has 0 atom stereocenters. The zero-order valence-corrected chi connectivity index (χ0v) is 9.40. The Labute approximate surface area is 90.7 Å². The SMILES string of the molecule is CC(C)n1ccc2c(CCN)cccc21. The molecule has 2 N–H and O–H groups in total. The third kappa shape index (κ3) is 1.77. The van der Waals surface area contributed by atoms with Crippen LogP contribution in [0.2, 0.25) is 0 Å². The first-order chi connectivity index (χ1) is 7.24. The van der Waals surface area contributed by atoms with Gasteiger partial charge in [0.2, 0.25) is 0 Å². The first-order valence-electron chi connectivity index (χ1n) is 5.52. The minimum atomic E-state index is 0.510. The summed E-state index contributed by atoms with van der Waals surface area (Å²) in [6, 6.07) is 9.16. The Balaban J connectivity index is 2.58. The van der Waals surface area contributed by atoms with E-state index in [-0.39, 0.29) is 0 Å². The summed E-state index contributed by atoms with van der Waals surface area (Å²) in [7, 11) is 0. The van der Waals surface area contributed by atoms with Crippen molar-refractivity contribution >= 4 is 10.9 Å². The quantitative estimate of drug-likeness (QED) is 0.815. The summed E-state index contributed by atoms with van der Waals surface area (Å²) in [5.74, 6) is 0. The maximum atomic E-state index is 5.61. The van der Waals surface area contributed by atoms with E-state index in [1.165, 1.54) is 16.5 Å². The van der Waals surface area contributed by atoms with E-state index in [9.17, 15) is 0 Å². The van der Waals surface area contributed by atoms with Crippen LogP contribution < -0.4 is 5.73 Å². The highest BCUT2D eigenvalue weighted by atomic mass is 15.0. The summed E-state index contributed by atoms with van der Waals surface area (Å²) in [4.78, 5) is 0. The van der Waals surface area contributed by atoms with Crippen molar-refractivity contribution in [1.29, 1.82) is 0 Å². The molecule has 0 aliphatic rings. The zero-order valence-electron chi connectivity index (χ0n) is 9.40. The molecule has 0 saturated heterocycles. The third-order valence-corrected chi connectivity index (χ3v) is 2.82. The Morgan fingerprint density at radius 3 is 2.73 bits per heavy atom. The second kappa shape index (κ2) is 4.07. The van der Waals surface area contributed by atoms with Crippen molar-refractivity contribution in [1.82, 2.24) is 4.57 Å². The highest BCUT2D eigenvalue weighted by Crippen LogP contribution is 2.23. The Morgan fingerprint density at radius 2 is 2.07 bits per heavy atom. The predicted octanol–water partition coefficient (Wildman–Crippen LogP) is 2.72. The normalized spacial score (nSPS) is 11.5. The minimum absolute atomic E-state index is 0.510. The lowest BCUT2D eigenvalue weighted by Gasteiger charge is -2.10. The van der Waals surface area contributed by atoms with Gasteiger partial charge in [0.05, 0.1) is 0 Å². The number of hydrogen-bond acceptors (Lipinski definition) is 1. The van der Waals surface area contributed by atoms with Crippen LogP contribution in [0.5, 0.6) is 0 Å². The van der Waals surface area contributed by atoms with E-state index in [1.807, 2.05) is 0 Å². The van der Waals surface area contributed by atoms with E-state index in [1.54, 1.807) is 0 Å². The third-order valence-electron chi connectivity index (χ3n) is 2.82. The summed E-state index contributed by atoms with van der Waals surface area (Å²) in [6.45, 7) is 5.12. The predicted molar refractivity (Wildman–Crippen MR) is 65.1 cm³/mol. The van der Waals surface area contributed by atoms with Crippen LogP contribution in [-0.4, -0.2) is 11.1 Å². The molecule has 0 fully saturated rings. The maximum absolute atomic E-state index is 5.61. The Morgan fingerprint density at radius 1 is 1.27 bits per heavy atom. The van der Waals surface area contributed by atoms with Crippen molar-refractivity contribution in [3.63, 3.8) is 0 Å². The second-order valence-electron chi connectivity index (χ2n) is 4.21. The monoisotopic (exact) mass is 202 g/mol. The largest absolute Gasteiger partial charge is 0.345 e. The highest BCUT2D eigenvalue weighted by Gasteiger charge is 2.06. The fourth-order valence-corrected chi connectivity index (χ4v) is 2.08. The van der Waals surface area contributed by atoms with Gasteiger partial charge in [0, 0.05) is 23.1 Å². The number of fused-ring (bicyclic) bond motifs is 1. The molecule has 2 nitrogen and oxygen atoms in total. The van der Waals surface area contributed by atoms with Gasteiger partial charge < -0.3 is 10.3 Å². The van der Waals surface area contributed by atoms with Gasteiger partial charge in [-0.05, 0) is 44.5 Å². The number of hydrogen-bond donors (Lipinski definition) is 1. The van der Waals surface area contributed by atoms with Crippen LogP contribution in [-0.2, 0) is 6.42 Å². The van der Waals surface area contributed by atoms with E-state index in [2.05, 4.69) is 48.9 Å². The summed E-state index contributed by atoms with van der Waals surface area (Å²) in [5.41, 5.74) is 8.28. The van der Waals surface area contributed by atoms with E-state index in [0.29, 0.717) is 12.6 Å². The fraction of sp³-hybridized carbons (Fsp3) is 0.385. The molecular weight excluding hydrogens is 184 g/mol. The van der Waals surface area contributed by atoms with Gasteiger partial charge in [0.25, 0.3) is 0 Å². The molecule has 0 unspecified atom stereocenters. The second-order valence-corrected chi connectivity index (χ2v) is 4.21. The molecule has 0 saturated carbocycles. The summed E-state index contributed by atoms with van der Waals surface area (Å²) in [6.07, 6.45) is 3.12. The van der Waals surface area contributed by atoms with Crippen molar-refractivity contribution in [2.75, 3.05) is 6.54 Å². The van der Waals surface area contributed by atoms with Crippen molar-refractivity contribution in [2.24, 2.45) is 5.73 Å². The molecule has 2 aromatic rings. The van der Waals surface area contributed by atoms with Crippen LogP contribution in [0, 0.1) is 0 Å². The Kier molecular flexibility index (Phi) is 2.78. The summed E-state index contributed by atoms with van der Waals surface area (Å²) in [5, 5.41) is 1.34. The van der Waals surface area contributed by atoms with Gasteiger partial charge in [0.15, 0.2) is 0 Å². The maximum Gasteiger partial charge on any atom is 0.0485 e. The van der Waals surface area contributed by atoms with Gasteiger partial charge in [-0.15, -0.1) is 0 Å².